The first-order valence-corrected chi connectivity index (χ1v) is 7.93. The Balaban J connectivity index is 2.66. The zero-order valence-electron chi connectivity index (χ0n) is 14.4. The van der Waals surface area contributed by atoms with Crippen molar-refractivity contribution in [2.75, 3.05) is 0 Å². The molecule has 0 fully saturated rings. The maximum absolute atomic E-state index is 10.4. The molecule has 156 valence electrons. The second kappa shape index (κ2) is 5.41. The molecule has 12 nitrogen and oxygen atoms in total. The summed E-state index contributed by atoms with van der Waals surface area (Å²) in [7, 11) is 0. The quantitative estimate of drug-likeness (QED) is 0.110. The third kappa shape index (κ3) is 1.83. The highest BCUT2D eigenvalue weighted by molar-refractivity contribution is 6.35. The van der Waals surface area contributed by atoms with Crippen LogP contribution in [0.2, 0.25) is 0 Å². The fourth-order valence-electron chi connectivity index (χ4n) is 3.55. The topological polar surface area (TPSA) is 243 Å². The van der Waals surface area contributed by atoms with Gasteiger partial charge in [0.2, 0.25) is 34.5 Å². The van der Waals surface area contributed by atoms with Crippen LogP contribution in [0.3, 0.4) is 0 Å². The number of benzene rings is 4. The Bertz CT molecular complexity index is 1140. The van der Waals surface area contributed by atoms with Crippen molar-refractivity contribution < 1.29 is 61.3 Å². The van der Waals surface area contributed by atoms with Crippen molar-refractivity contribution in [2.24, 2.45) is 0 Å². The fourth-order valence-corrected chi connectivity index (χ4v) is 3.55. The second-order valence-corrected chi connectivity index (χ2v) is 6.43. The van der Waals surface area contributed by atoms with Gasteiger partial charge in [0.15, 0.2) is 34.5 Å². The van der Waals surface area contributed by atoms with Crippen LogP contribution in [0, 0.1) is 0 Å². The van der Waals surface area contributed by atoms with Crippen molar-refractivity contribution in [3.63, 3.8) is 0 Å². The highest BCUT2D eigenvalue weighted by Crippen LogP contribution is 2.63. The number of hydrogen-bond acceptors (Lipinski definition) is 12. The van der Waals surface area contributed by atoms with Gasteiger partial charge in [-0.05, 0) is 0 Å². The third-order valence-electron chi connectivity index (χ3n) is 4.94. The van der Waals surface area contributed by atoms with Gasteiger partial charge in [-0.2, -0.15) is 0 Å². The van der Waals surface area contributed by atoms with Crippen LogP contribution in [-0.4, -0.2) is 61.3 Å². The Labute approximate surface area is 163 Å². The molecule has 0 saturated heterocycles. The van der Waals surface area contributed by atoms with E-state index < -0.39 is 101 Å². The maximum Gasteiger partial charge on any atom is 0.204 e. The van der Waals surface area contributed by atoms with Gasteiger partial charge in [-0.3, -0.25) is 0 Å². The van der Waals surface area contributed by atoms with Gasteiger partial charge in [0.1, 0.15) is 0 Å². The van der Waals surface area contributed by atoms with Crippen LogP contribution in [0.4, 0.5) is 0 Å². The average Bonchev–Trinajstić information content (AvgIpc) is 2.73. The molecule has 0 saturated carbocycles. The summed E-state index contributed by atoms with van der Waals surface area (Å²) in [5.74, 6) is -15.0. The summed E-state index contributed by atoms with van der Waals surface area (Å²) in [6.45, 7) is 0. The number of hydrogen-bond donors (Lipinski definition) is 12. The smallest absolute Gasteiger partial charge is 0.204 e. The highest BCUT2D eigenvalue weighted by Gasteiger charge is 2.33. The minimum absolute atomic E-state index is 0.770. The zero-order valence-corrected chi connectivity index (χ0v) is 14.4. The number of phenolic OH excluding ortho intramolecular Hbond substituents is 12. The van der Waals surface area contributed by atoms with Crippen molar-refractivity contribution >= 4 is 32.3 Å². The largest absolute Gasteiger partial charge is 0.504 e. The maximum atomic E-state index is 10.4. The molecule has 0 amide bonds. The first-order valence-electron chi connectivity index (χ1n) is 7.93. The minimum Gasteiger partial charge on any atom is -0.504 e. The van der Waals surface area contributed by atoms with Gasteiger partial charge in [0, 0.05) is 32.3 Å². The van der Waals surface area contributed by atoms with E-state index in [1.807, 2.05) is 0 Å². The first kappa shape index (κ1) is 18.6. The van der Waals surface area contributed by atoms with E-state index in [0.29, 0.717) is 0 Å². The Hall–Kier alpha value is -4.74. The lowest BCUT2D eigenvalue weighted by Gasteiger charge is -2.19. The molecule has 4 aromatic carbocycles. The molecular weight excluding hydrogens is 408 g/mol. The van der Waals surface area contributed by atoms with Crippen molar-refractivity contribution in [3.8, 4) is 69.0 Å². The lowest BCUT2D eigenvalue weighted by molar-refractivity contribution is 0.347. The summed E-state index contributed by atoms with van der Waals surface area (Å²) in [4.78, 5) is 0. The van der Waals surface area contributed by atoms with Gasteiger partial charge < -0.3 is 61.3 Å². The Morgan fingerprint density at radius 2 is 0.267 bits per heavy atom. The Kier molecular flexibility index (Phi) is 3.36. The van der Waals surface area contributed by atoms with E-state index in [2.05, 4.69) is 0 Å². The number of aromatic hydroxyl groups is 12. The van der Waals surface area contributed by atoms with Crippen molar-refractivity contribution in [1.82, 2.24) is 0 Å². The molecule has 0 unspecified atom stereocenters. The Morgan fingerprint density at radius 1 is 0.167 bits per heavy atom. The summed E-state index contributed by atoms with van der Waals surface area (Å²) in [6.07, 6.45) is 0. The van der Waals surface area contributed by atoms with Crippen molar-refractivity contribution in [3.05, 3.63) is 0 Å². The molecule has 0 aromatic heterocycles. The van der Waals surface area contributed by atoms with E-state index in [-0.39, 0.29) is 0 Å². The van der Waals surface area contributed by atoms with Gasteiger partial charge in [-0.15, -0.1) is 0 Å². The van der Waals surface area contributed by atoms with E-state index in [9.17, 15) is 61.3 Å². The van der Waals surface area contributed by atoms with E-state index in [0.717, 1.165) is 0 Å². The molecule has 0 radical (unpaired) electrons. The molecule has 12 N–H and O–H groups in total. The minimum atomic E-state index is -1.29. The van der Waals surface area contributed by atoms with Crippen LogP contribution in [0.25, 0.3) is 32.3 Å². The van der Waals surface area contributed by atoms with Crippen LogP contribution in [0.5, 0.6) is 69.0 Å². The number of phenols is 12. The van der Waals surface area contributed by atoms with Crippen LogP contribution in [0.15, 0.2) is 0 Å². The van der Waals surface area contributed by atoms with Crippen LogP contribution in [-0.2, 0) is 0 Å². The molecule has 0 aliphatic rings. The van der Waals surface area contributed by atoms with Crippen LogP contribution < -0.4 is 0 Å². The lowest BCUT2D eigenvalue weighted by Crippen LogP contribution is -1.90. The van der Waals surface area contributed by atoms with Gasteiger partial charge in [-0.25, -0.2) is 0 Å². The number of rotatable bonds is 0. The molecule has 0 bridgehead atoms. The Morgan fingerprint density at radius 3 is 0.367 bits per heavy atom. The van der Waals surface area contributed by atoms with Crippen LogP contribution >= 0.6 is 0 Å². The van der Waals surface area contributed by atoms with E-state index >= 15 is 0 Å². The van der Waals surface area contributed by atoms with Gasteiger partial charge >= 0.3 is 0 Å². The van der Waals surface area contributed by atoms with Gasteiger partial charge in [0.25, 0.3) is 0 Å². The highest BCUT2D eigenvalue weighted by atomic mass is 16.4. The molecule has 0 spiro atoms. The van der Waals surface area contributed by atoms with Crippen molar-refractivity contribution in [1.29, 1.82) is 0 Å². The fraction of sp³-hybridized carbons (Fsp3) is 0. The van der Waals surface area contributed by atoms with E-state index in [1.165, 1.54) is 0 Å². The summed E-state index contributed by atoms with van der Waals surface area (Å²) in [6, 6.07) is 0. The zero-order chi connectivity index (χ0) is 22.4. The summed E-state index contributed by atoms with van der Waals surface area (Å²) in [5.41, 5.74) is 0. The monoisotopic (exact) mass is 420 g/mol. The molecule has 12 heteroatoms. The SMILES string of the molecule is Oc1c(O)c(O)c2c(c1O)c1c(O)c(O)c(O)c(O)c1c1c(O)c(O)c(O)c(O)c21. The average molecular weight is 420 g/mol. The van der Waals surface area contributed by atoms with E-state index in [1.54, 1.807) is 0 Å². The van der Waals surface area contributed by atoms with Gasteiger partial charge in [0.05, 0.1) is 0 Å². The standard InChI is InChI=1S/C18H12O12/c19-7-1-2(8(20)14(26)13(7)25)4-6(12(24)18(30)17(29)11(4)23)5-3(1)9(21)15(27)16(28)10(5)22/h19-30H. The summed E-state index contributed by atoms with van der Waals surface area (Å²) >= 11 is 0. The molecule has 0 heterocycles. The van der Waals surface area contributed by atoms with Gasteiger partial charge in [-0.1, -0.05) is 0 Å². The predicted molar refractivity (Wildman–Crippen MR) is 98.9 cm³/mol. The predicted octanol–water partition coefficient (Wildman–Crippen LogP) is 1.61. The summed E-state index contributed by atoms with van der Waals surface area (Å²) in [5, 5.41) is 117. The third-order valence-corrected chi connectivity index (χ3v) is 4.94. The van der Waals surface area contributed by atoms with E-state index in [4.69, 9.17) is 0 Å². The lowest BCUT2D eigenvalue weighted by atomic mass is 9.89. The normalized spacial score (nSPS) is 11.6. The molecule has 0 atom stereocenters. The number of fused-ring (bicyclic) bond motifs is 6. The molecule has 30 heavy (non-hydrogen) atoms. The molecular formula is C18H12O12. The second-order valence-electron chi connectivity index (χ2n) is 6.43. The molecule has 4 aromatic rings. The first-order chi connectivity index (χ1) is 13.9. The molecule has 0 aliphatic heterocycles. The van der Waals surface area contributed by atoms with Crippen LogP contribution in [0.1, 0.15) is 0 Å². The van der Waals surface area contributed by atoms with Crippen molar-refractivity contribution in [2.45, 2.75) is 0 Å². The molecule has 4 rings (SSSR count). The molecule has 0 aliphatic carbocycles. The summed E-state index contributed by atoms with van der Waals surface area (Å²) < 4.78 is 0.